The number of benzene rings is 2. The molecule has 1 amide bonds. The molecule has 0 saturated heterocycles. The molecule has 3 rings (SSSR count). The molecule has 0 bridgehead atoms. The van der Waals surface area contributed by atoms with E-state index < -0.39 is 23.5 Å². The maximum atomic E-state index is 13.7. The first-order valence-corrected chi connectivity index (χ1v) is 8.72. The van der Waals surface area contributed by atoms with Crippen molar-refractivity contribution in [1.82, 2.24) is 4.98 Å². The molecule has 1 heterocycles. The second-order valence-corrected chi connectivity index (χ2v) is 5.96. The van der Waals surface area contributed by atoms with Crippen molar-refractivity contribution < 1.29 is 23.1 Å². The van der Waals surface area contributed by atoms with E-state index in [9.17, 15) is 18.4 Å². The maximum Gasteiger partial charge on any atom is 0.338 e. The number of esters is 1. The minimum atomic E-state index is -0.873. The molecule has 0 atom stereocenters. The van der Waals surface area contributed by atoms with E-state index >= 15 is 0 Å². The van der Waals surface area contributed by atoms with Crippen LogP contribution in [0, 0.1) is 11.6 Å². The summed E-state index contributed by atoms with van der Waals surface area (Å²) in [4.78, 5) is 28.0. The monoisotopic (exact) mass is 397 g/mol. The number of nitrogens with zero attached hydrogens (tertiary/aromatic N) is 1. The van der Waals surface area contributed by atoms with Crippen molar-refractivity contribution in [3.05, 3.63) is 83.7 Å². The van der Waals surface area contributed by atoms with E-state index in [-0.39, 0.29) is 11.3 Å². The van der Waals surface area contributed by atoms with Gasteiger partial charge >= 0.3 is 5.97 Å². The number of anilines is 3. The summed E-state index contributed by atoms with van der Waals surface area (Å²) in [6.07, 6.45) is 2.83. The average Bonchev–Trinajstić information content (AvgIpc) is 2.71. The van der Waals surface area contributed by atoms with Gasteiger partial charge in [0.25, 0.3) is 5.91 Å². The lowest BCUT2D eigenvalue weighted by atomic mass is 10.2. The summed E-state index contributed by atoms with van der Waals surface area (Å²) in [5.74, 6) is -2.61. The summed E-state index contributed by atoms with van der Waals surface area (Å²) in [6, 6.07) is 11.0. The number of pyridine rings is 1. The number of amides is 1. The van der Waals surface area contributed by atoms with Crippen LogP contribution in [0.15, 0.2) is 60.9 Å². The molecule has 2 aromatic carbocycles. The molecule has 0 fully saturated rings. The van der Waals surface area contributed by atoms with Gasteiger partial charge in [0, 0.05) is 18.0 Å². The number of hydrogen-bond acceptors (Lipinski definition) is 5. The zero-order valence-corrected chi connectivity index (χ0v) is 15.4. The highest BCUT2D eigenvalue weighted by molar-refractivity contribution is 6.04. The molecular formula is C21H17F2N3O3. The molecule has 148 valence electrons. The van der Waals surface area contributed by atoms with Gasteiger partial charge in [-0.2, -0.15) is 0 Å². The molecule has 3 aromatic rings. The molecule has 0 spiro atoms. The fourth-order valence-corrected chi connectivity index (χ4v) is 2.49. The van der Waals surface area contributed by atoms with Crippen LogP contribution in [0.4, 0.5) is 25.8 Å². The number of aromatic nitrogens is 1. The fraction of sp³-hybridized carbons (Fsp3) is 0.0952. The van der Waals surface area contributed by atoms with Gasteiger partial charge in [-0.05, 0) is 49.4 Å². The van der Waals surface area contributed by atoms with Gasteiger partial charge in [-0.15, -0.1) is 0 Å². The van der Waals surface area contributed by atoms with Gasteiger partial charge in [-0.25, -0.2) is 13.6 Å². The van der Waals surface area contributed by atoms with E-state index in [1.165, 1.54) is 18.5 Å². The normalized spacial score (nSPS) is 10.3. The summed E-state index contributed by atoms with van der Waals surface area (Å²) in [5.41, 5.74) is 1.65. The van der Waals surface area contributed by atoms with Crippen LogP contribution in [0.2, 0.25) is 0 Å². The Hall–Kier alpha value is -3.81. The summed E-state index contributed by atoms with van der Waals surface area (Å²) < 4.78 is 31.6. The zero-order valence-electron chi connectivity index (χ0n) is 15.4. The third-order valence-electron chi connectivity index (χ3n) is 3.86. The van der Waals surface area contributed by atoms with Crippen molar-refractivity contribution >= 4 is 28.9 Å². The van der Waals surface area contributed by atoms with E-state index in [1.54, 1.807) is 31.2 Å². The summed E-state index contributed by atoms with van der Waals surface area (Å²) >= 11 is 0. The number of carbonyl (C=O) groups is 2. The lowest BCUT2D eigenvalue weighted by molar-refractivity contribution is 0.0526. The Kier molecular flexibility index (Phi) is 6.13. The van der Waals surface area contributed by atoms with E-state index in [0.717, 1.165) is 12.1 Å². The van der Waals surface area contributed by atoms with Gasteiger partial charge in [0.2, 0.25) is 0 Å². The molecule has 0 unspecified atom stereocenters. The Morgan fingerprint density at radius 3 is 2.41 bits per heavy atom. The summed E-state index contributed by atoms with van der Waals surface area (Å²) in [7, 11) is 0. The highest BCUT2D eigenvalue weighted by Crippen LogP contribution is 2.20. The molecule has 1 aromatic heterocycles. The molecule has 0 aliphatic heterocycles. The number of ether oxygens (including phenoxy) is 1. The predicted molar refractivity (Wildman–Crippen MR) is 104 cm³/mol. The highest BCUT2D eigenvalue weighted by Gasteiger charge is 2.12. The van der Waals surface area contributed by atoms with Crippen LogP contribution < -0.4 is 10.6 Å². The molecule has 0 radical (unpaired) electrons. The third kappa shape index (κ3) is 5.13. The first-order chi connectivity index (χ1) is 14.0. The van der Waals surface area contributed by atoms with Crippen LogP contribution in [0.25, 0.3) is 0 Å². The minimum absolute atomic E-state index is 0.135. The minimum Gasteiger partial charge on any atom is -0.462 e. The third-order valence-corrected chi connectivity index (χ3v) is 3.86. The van der Waals surface area contributed by atoms with E-state index in [2.05, 4.69) is 15.6 Å². The number of halogens is 2. The van der Waals surface area contributed by atoms with E-state index in [1.807, 2.05) is 0 Å². The van der Waals surface area contributed by atoms with Crippen molar-refractivity contribution in [2.45, 2.75) is 6.92 Å². The Bertz CT molecular complexity index is 1040. The molecule has 8 heteroatoms. The second-order valence-electron chi connectivity index (χ2n) is 5.96. The molecule has 29 heavy (non-hydrogen) atoms. The van der Waals surface area contributed by atoms with Gasteiger partial charge in [0.15, 0.2) is 0 Å². The Balaban J connectivity index is 1.70. The van der Waals surface area contributed by atoms with Crippen molar-refractivity contribution in [2.24, 2.45) is 0 Å². The Labute approximate surface area is 165 Å². The number of carbonyl (C=O) groups excluding carboxylic acids is 2. The number of hydrogen-bond donors (Lipinski definition) is 2. The van der Waals surface area contributed by atoms with Crippen LogP contribution in [-0.2, 0) is 4.74 Å². The SMILES string of the molecule is CCOC(=O)c1ccc(Nc2cncc(C(=O)Nc3ccc(F)cc3F)c2)cc1. The zero-order chi connectivity index (χ0) is 20.8. The lowest BCUT2D eigenvalue weighted by Crippen LogP contribution is -2.13. The van der Waals surface area contributed by atoms with Gasteiger partial charge in [0.05, 0.1) is 35.3 Å². The van der Waals surface area contributed by atoms with Gasteiger partial charge in [0.1, 0.15) is 11.6 Å². The van der Waals surface area contributed by atoms with Crippen molar-refractivity contribution in [3.8, 4) is 0 Å². The van der Waals surface area contributed by atoms with Crippen molar-refractivity contribution in [3.63, 3.8) is 0 Å². The smallest absolute Gasteiger partial charge is 0.338 e. The van der Waals surface area contributed by atoms with Gasteiger partial charge in [-0.3, -0.25) is 9.78 Å². The molecular weight excluding hydrogens is 380 g/mol. The van der Waals surface area contributed by atoms with E-state index in [0.29, 0.717) is 29.6 Å². The average molecular weight is 397 g/mol. The van der Waals surface area contributed by atoms with Crippen molar-refractivity contribution in [2.75, 3.05) is 17.2 Å². The summed E-state index contributed by atoms with van der Waals surface area (Å²) in [6.45, 7) is 2.02. The van der Waals surface area contributed by atoms with Crippen LogP contribution in [0.5, 0.6) is 0 Å². The van der Waals surface area contributed by atoms with Gasteiger partial charge in [-0.1, -0.05) is 0 Å². The van der Waals surface area contributed by atoms with E-state index in [4.69, 9.17) is 4.74 Å². The van der Waals surface area contributed by atoms with Crippen LogP contribution in [0.3, 0.4) is 0 Å². The molecule has 0 aliphatic carbocycles. The first kappa shape index (κ1) is 19.9. The predicted octanol–water partition coefficient (Wildman–Crippen LogP) is 4.53. The topological polar surface area (TPSA) is 80.3 Å². The number of rotatable bonds is 6. The molecule has 2 N–H and O–H groups in total. The summed E-state index contributed by atoms with van der Waals surface area (Å²) in [5, 5.41) is 5.44. The quantitative estimate of drug-likeness (QED) is 0.598. The van der Waals surface area contributed by atoms with Gasteiger partial charge < -0.3 is 15.4 Å². The standard InChI is InChI=1S/C21H17F2N3O3/c1-2-29-21(28)13-3-6-16(7-4-13)25-17-9-14(11-24-12-17)20(27)26-19-8-5-15(22)10-18(19)23/h3-12,25H,2H2,1H3,(H,26,27). The van der Waals surface area contributed by atoms with Crippen molar-refractivity contribution in [1.29, 1.82) is 0 Å². The molecule has 6 nitrogen and oxygen atoms in total. The fourth-order valence-electron chi connectivity index (χ4n) is 2.49. The Morgan fingerprint density at radius 1 is 0.966 bits per heavy atom. The maximum absolute atomic E-state index is 13.7. The highest BCUT2D eigenvalue weighted by atomic mass is 19.1. The Morgan fingerprint density at radius 2 is 1.72 bits per heavy atom. The van der Waals surface area contributed by atoms with Crippen LogP contribution >= 0.6 is 0 Å². The van der Waals surface area contributed by atoms with Crippen LogP contribution in [-0.4, -0.2) is 23.5 Å². The lowest BCUT2D eigenvalue weighted by Gasteiger charge is -2.10. The van der Waals surface area contributed by atoms with Crippen LogP contribution in [0.1, 0.15) is 27.6 Å². The largest absolute Gasteiger partial charge is 0.462 e. The second kappa shape index (κ2) is 8.92. The first-order valence-electron chi connectivity index (χ1n) is 8.72. The molecule has 0 saturated carbocycles. The molecule has 0 aliphatic rings. The number of nitrogens with one attached hydrogen (secondary N) is 2.